The number of anilines is 3. The van der Waals surface area contributed by atoms with Gasteiger partial charge >= 0.3 is 0 Å². The van der Waals surface area contributed by atoms with Gasteiger partial charge in [-0.15, -0.1) is 0 Å². The summed E-state index contributed by atoms with van der Waals surface area (Å²) < 4.78 is 0.885. The summed E-state index contributed by atoms with van der Waals surface area (Å²) in [6.07, 6.45) is 1.55. The molecule has 0 spiro atoms. The minimum Gasteiger partial charge on any atom is -0.339 e. The summed E-state index contributed by atoms with van der Waals surface area (Å²) in [7, 11) is 0. The molecule has 6 heteroatoms. The number of amides is 1. The molecule has 25 heavy (non-hydrogen) atoms. The van der Waals surface area contributed by atoms with Crippen molar-refractivity contribution in [2.24, 2.45) is 0 Å². The molecule has 0 saturated carbocycles. The molecule has 5 nitrogen and oxygen atoms in total. The lowest BCUT2D eigenvalue weighted by atomic mass is 10.2. The monoisotopic (exact) mass is 392 g/mol. The van der Waals surface area contributed by atoms with Gasteiger partial charge < -0.3 is 10.6 Å². The van der Waals surface area contributed by atoms with Crippen LogP contribution in [0.3, 0.4) is 0 Å². The Hall–Kier alpha value is -3.17. The Morgan fingerprint density at radius 1 is 1.08 bits per heavy atom. The van der Waals surface area contributed by atoms with Crippen LogP contribution in [-0.4, -0.2) is 10.9 Å². The molecule has 1 amide bonds. The van der Waals surface area contributed by atoms with Crippen LogP contribution < -0.4 is 10.6 Å². The molecule has 0 fully saturated rings. The number of rotatable bonds is 4. The van der Waals surface area contributed by atoms with Crippen molar-refractivity contribution in [1.82, 2.24) is 4.98 Å². The van der Waals surface area contributed by atoms with Crippen molar-refractivity contribution in [1.29, 1.82) is 5.26 Å². The van der Waals surface area contributed by atoms with Gasteiger partial charge in [-0.3, -0.25) is 4.79 Å². The topological polar surface area (TPSA) is 77.8 Å². The van der Waals surface area contributed by atoms with Crippen molar-refractivity contribution < 1.29 is 4.79 Å². The van der Waals surface area contributed by atoms with Gasteiger partial charge in [-0.25, -0.2) is 4.98 Å². The molecule has 3 rings (SSSR count). The highest BCUT2D eigenvalue weighted by Crippen LogP contribution is 2.20. The number of carbonyl (C=O) groups is 1. The summed E-state index contributed by atoms with van der Waals surface area (Å²) in [5.74, 6) is 0.252. The van der Waals surface area contributed by atoms with Crippen LogP contribution in [-0.2, 0) is 0 Å². The van der Waals surface area contributed by atoms with Gasteiger partial charge in [0.15, 0.2) is 0 Å². The standard InChI is InChI=1S/C19H13BrN4O/c20-15-5-3-6-16(11-15)23-19(25)13-8-9-22-18(10-13)24-17-7-2-1-4-14(17)12-21/h1-11H,(H,22,24)(H,23,25). The molecule has 2 aromatic carbocycles. The summed E-state index contributed by atoms with van der Waals surface area (Å²) in [5, 5.41) is 15.1. The van der Waals surface area contributed by atoms with Crippen LogP contribution in [0.25, 0.3) is 0 Å². The van der Waals surface area contributed by atoms with Crippen LogP contribution in [0.1, 0.15) is 15.9 Å². The first kappa shape index (κ1) is 16.7. The molecule has 1 aromatic heterocycles. The molecule has 0 unspecified atom stereocenters. The number of nitriles is 1. The smallest absolute Gasteiger partial charge is 0.255 e. The van der Waals surface area contributed by atoms with Gasteiger partial charge in [0.05, 0.1) is 11.3 Å². The van der Waals surface area contributed by atoms with Crippen molar-refractivity contribution in [3.8, 4) is 6.07 Å². The first-order chi connectivity index (χ1) is 12.2. The molecular formula is C19H13BrN4O. The quantitative estimate of drug-likeness (QED) is 0.673. The van der Waals surface area contributed by atoms with Crippen LogP contribution in [0.2, 0.25) is 0 Å². The van der Waals surface area contributed by atoms with Gasteiger partial charge in [0.2, 0.25) is 0 Å². The fraction of sp³-hybridized carbons (Fsp3) is 0. The van der Waals surface area contributed by atoms with E-state index in [1.165, 1.54) is 0 Å². The summed E-state index contributed by atoms with van der Waals surface area (Å²) in [6.45, 7) is 0. The maximum absolute atomic E-state index is 12.4. The molecular weight excluding hydrogens is 380 g/mol. The highest BCUT2D eigenvalue weighted by atomic mass is 79.9. The number of hydrogen-bond acceptors (Lipinski definition) is 4. The van der Waals surface area contributed by atoms with Gasteiger partial charge in [-0.1, -0.05) is 34.1 Å². The molecule has 0 aliphatic heterocycles. The number of para-hydroxylation sites is 1. The lowest BCUT2D eigenvalue weighted by Gasteiger charge is -2.09. The van der Waals surface area contributed by atoms with E-state index in [9.17, 15) is 4.79 Å². The number of pyridine rings is 1. The number of nitrogens with zero attached hydrogens (tertiary/aromatic N) is 2. The SMILES string of the molecule is N#Cc1ccccc1Nc1cc(C(=O)Nc2cccc(Br)c2)ccn1. The van der Waals surface area contributed by atoms with E-state index >= 15 is 0 Å². The van der Waals surface area contributed by atoms with Gasteiger partial charge in [-0.05, 0) is 42.5 Å². The van der Waals surface area contributed by atoms with E-state index in [0.29, 0.717) is 28.3 Å². The van der Waals surface area contributed by atoms with E-state index in [2.05, 4.69) is 37.6 Å². The second-order valence-electron chi connectivity index (χ2n) is 5.18. The lowest BCUT2D eigenvalue weighted by molar-refractivity contribution is 0.102. The van der Waals surface area contributed by atoms with Crippen LogP contribution in [0.15, 0.2) is 71.3 Å². The Morgan fingerprint density at radius 2 is 1.92 bits per heavy atom. The van der Waals surface area contributed by atoms with Crippen molar-refractivity contribution in [2.75, 3.05) is 10.6 Å². The van der Waals surface area contributed by atoms with Gasteiger partial charge in [0.25, 0.3) is 5.91 Å². The summed E-state index contributed by atoms with van der Waals surface area (Å²) in [4.78, 5) is 16.6. The van der Waals surface area contributed by atoms with E-state index in [1.54, 1.807) is 36.5 Å². The Balaban J connectivity index is 1.79. The molecule has 0 aliphatic rings. The average molecular weight is 393 g/mol. The maximum Gasteiger partial charge on any atom is 0.255 e. The van der Waals surface area contributed by atoms with E-state index < -0.39 is 0 Å². The van der Waals surface area contributed by atoms with Crippen LogP contribution in [0.4, 0.5) is 17.2 Å². The summed E-state index contributed by atoms with van der Waals surface area (Å²) in [5.41, 5.74) is 2.31. The zero-order valence-corrected chi connectivity index (χ0v) is 14.6. The second kappa shape index (κ2) is 7.60. The minimum atomic E-state index is -0.239. The van der Waals surface area contributed by atoms with Gasteiger partial charge in [0, 0.05) is 21.9 Å². The number of carbonyl (C=O) groups excluding carboxylic acids is 1. The van der Waals surface area contributed by atoms with E-state index in [0.717, 1.165) is 4.47 Å². The predicted octanol–water partition coefficient (Wildman–Crippen LogP) is 4.71. The zero-order valence-electron chi connectivity index (χ0n) is 13.0. The number of aromatic nitrogens is 1. The van der Waals surface area contributed by atoms with Crippen molar-refractivity contribution in [3.05, 3.63) is 82.5 Å². The van der Waals surface area contributed by atoms with E-state index in [-0.39, 0.29) is 5.91 Å². The van der Waals surface area contributed by atoms with Gasteiger partial charge in [-0.2, -0.15) is 5.26 Å². The fourth-order valence-corrected chi connectivity index (χ4v) is 2.64. The highest BCUT2D eigenvalue weighted by Gasteiger charge is 2.09. The third-order valence-electron chi connectivity index (χ3n) is 3.41. The van der Waals surface area contributed by atoms with Crippen LogP contribution in [0, 0.1) is 11.3 Å². The Morgan fingerprint density at radius 3 is 2.72 bits per heavy atom. The van der Waals surface area contributed by atoms with E-state index in [4.69, 9.17) is 5.26 Å². The average Bonchev–Trinajstić information content (AvgIpc) is 2.62. The van der Waals surface area contributed by atoms with Crippen LogP contribution >= 0.6 is 15.9 Å². The number of nitrogens with one attached hydrogen (secondary N) is 2. The molecule has 2 N–H and O–H groups in total. The molecule has 0 atom stereocenters. The molecule has 3 aromatic rings. The van der Waals surface area contributed by atoms with Gasteiger partial charge in [0.1, 0.15) is 11.9 Å². The largest absolute Gasteiger partial charge is 0.339 e. The molecule has 0 saturated heterocycles. The second-order valence-corrected chi connectivity index (χ2v) is 6.09. The maximum atomic E-state index is 12.4. The van der Waals surface area contributed by atoms with Crippen LogP contribution in [0.5, 0.6) is 0 Å². The third kappa shape index (κ3) is 4.22. The summed E-state index contributed by atoms with van der Waals surface area (Å²) in [6, 6.07) is 19.9. The number of benzene rings is 2. The zero-order chi connectivity index (χ0) is 17.6. The van der Waals surface area contributed by atoms with E-state index in [1.807, 2.05) is 30.3 Å². The van der Waals surface area contributed by atoms with Crippen molar-refractivity contribution in [2.45, 2.75) is 0 Å². The number of halogens is 1. The third-order valence-corrected chi connectivity index (χ3v) is 3.91. The minimum absolute atomic E-state index is 0.239. The molecule has 1 heterocycles. The first-order valence-electron chi connectivity index (χ1n) is 7.45. The lowest BCUT2D eigenvalue weighted by Crippen LogP contribution is -2.12. The molecule has 0 bridgehead atoms. The highest BCUT2D eigenvalue weighted by molar-refractivity contribution is 9.10. The van der Waals surface area contributed by atoms with Crippen molar-refractivity contribution >= 4 is 39.0 Å². The normalized spacial score (nSPS) is 9.92. The Kier molecular flexibility index (Phi) is 5.07. The summed E-state index contributed by atoms with van der Waals surface area (Å²) >= 11 is 3.37. The fourth-order valence-electron chi connectivity index (χ4n) is 2.24. The molecule has 0 radical (unpaired) electrons. The molecule has 122 valence electrons. The molecule has 0 aliphatic carbocycles. The number of hydrogen-bond donors (Lipinski definition) is 2. The predicted molar refractivity (Wildman–Crippen MR) is 101 cm³/mol. The first-order valence-corrected chi connectivity index (χ1v) is 8.24. The Bertz CT molecular complexity index is 965. The van der Waals surface area contributed by atoms with Crippen molar-refractivity contribution in [3.63, 3.8) is 0 Å². The Labute approximate surface area is 153 Å².